The van der Waals surface area contributed by atoms with Crippen LogP contribution in [0.4, 0.5) is 16.3 Å². The van der Waals surface area contributed by atoms with Gasteiger partial charge in [0.1, 0.15) is 17.2 Å². The van der Waals surface area contributed by atoms with Crippen molar-refractivity contribution in [3.8, 4) is 11.4 Å². The highest BCUT2D eigenvalue weighted by atomic mass is 16.5. The first kappa shape index (κ1) is 31.1. The summed E-state index contributed by atoms with van der Waals surface area (Å²) in [6.45, 7) is 10.0. The fraction of sp³-hybridized carbons (Fsp3) is 0.324. The van der Waals surface area contributed by atoms with Gasteiger partial charge >= 0.3 is 6.03 Å². The largest absolute Gasteiger partial charge is 0.497 e. The number of aromatic nitrogens is 2. The van der Waals surface area contributed by atoms with E-state index >= 15 is 0 Å². The quantitative estimate of drug-likeness (QED) is 0.153. The van der Waals surface area contributed by atoms with E-state index in [2.05, 4.69) is 36.7 Å². The van der Waals surface area contributed by atoms with Gasteiger partial charge in [0.15, 0.2) is 5.76 Å². The number of carbonyl (C=O) groups excluding carboxylic acids is 2. The molecule has 6 rings (SSSR count). The number of benzene rings is 3. The van der Waals surface area contributed by atoms with Crippen LogP contribution in [0.25, 0.3) is 16.7 Å². The lowest BCUT2D eigenvalue weighted by molar-refractivity contribution is 0.0890. The van der Waals surface area contributed by atoms with Crippen molar-refractivity contribution in [2.45, 2.75) is 51.9 Å². The Hall–Kier alpha value is -4.89. The highest BCUT2D eigenvalue weighted by Crippen LogP contribution is 2.36. The van der Waals surface area contributed by atoms with Crippen LogP contribution in [0.3, 0.4) is 0 Å². The molecule has 2 aromatic heterocycles. The number of nitrogens with one attached hydrogen (secondary N) is 3. The number of hydrogen-bond acceptors (Lipinski definition) is 6. The lowest BCUT2D eigenvalue weighted by Gasteiger charge is -2.29. The van der Waals surface area contributed by atoms with E-state index in [1.54, 1.807) is 17.9 Å². The van der Waals surface area contributed by atoms with Gasteiger partial charge in [0.25, 0.3) is 0 Å². The third kappa shape index (κ3) is 6.70. The molecule has 9 nitrogen and oxygen atoms in total. The number of furan rings is 1. The first-order chi connectivity index (χ1) is 22.1. The summed E-state index contributed by atoms with van der Waals surface area (Å²) in [5.41, 5.74) is 4.83. The summed E-state index contributed by atoms with van der Waals surface area (Å²) in [4.78, 5) is 27.3. The Morgan fingerprint density at radius 2 is 1.67 bits per heavy atom. The number of ketones is 1. The second kappa shape index (κ2) is 12.8. The molecule has 3 N–H and O–H groups in total. The molecule has 1 unspecified atom stereocenters. The number of aryl methyl sites for hydroxylation is 1. The molecule has 0 aliphatic carbocycles. The number of hydrogen-bond donors (Lipinski definition) is 3. The molecular weight excluding hydrogens is 578 g/mol. The summed E-state index contributed by atoms with van der Waals surface area (Å²) in [6, 6.07) is 24.4. The van der Waals surface area contributed by atoms with Gasteiger partial charge in [-0.3, -0.25) is 10.1 Å². The van der Waals surface area contributed by atoms with Gasteiger partial charge in [0.05, 0.1) is 24.4 Å². The van der Waals surface area contributed by atoms with Gasteiger partial charge in [-0.1, -0.05) is 50.6 Å². The van der Waals surface area contributed by atoms with Crippen molar-refractivity contribution in [1.29, 1.82) is 0 Å². The van der Waals surface area contributed by atoms with Crippen LogP contribution in [-0.4, -0.2) is 41.8 Å². The summed E-state index contributed by atoms with van der Waals surface area (Å²) >= 11 is 0. The van der Waals surface area contributed by atoms with Crippen LogP contribution in [0.1, 0.15) is 66.9 Å². The zero-order chi connectivity index (χ0) is 32.4. The van der Waals surface area contributed by atoms with Gasteiger partial charge in [-0.25, -0.2) is 9.48 Å². The summed E-state index contributed by atoms with van der Waals surface area (Å²) in [5, 5.41) is 15.0. The molecule has 0 bridgehead atoms. The van der Waals surface area contributed by atoms with E-state index < -0.39 is 0 Å². The molecule has 3 aromatic carbocycles. The molecule has 3 heterocycles. The Labute approximate surface area is 269 Å². The molecule has 1 aliphatic heterocycles. The molecule has 5 aromatic rings. The second-order valence-electron chi connectivity index (χ2n) is 13.1. The Balaban J connectivity index is 1.22. The third-order valence-corrected chi connectivity index (χ3v) is 8.63. The molecule has 1 fully saturated rings. The maximum absolute atomic E-state index is 14.0. The van der Waals surface area contributed by atoms with Gasteiger partial charge in [0, 0.05) is 22.6 Å². The Bertz CT molecular complexity index is 1840. The number of carbonyl (C=O) groups is 2. The van der Waals surface area contributed by atoms with Crippen LogP contribution in [0.15, 0.2) is 83.3 Å². The van der Waals surface area contributed by atoms with Crippen molar-refractivity contribution in [3.05, 3.63) is 101 Å². The lowest BCUT2D eigenvalue weighted by atomic mass is 9.77. The van der Waals surface area contributed by atoms with Crippen LogP contribution in [-0.2, 0) is 5.41 Å². The van der Waals surface area contributed by atoms with E-state index in [4.69, 9.17) is 14.3 Å². The Morgan fingerprint density at radius 3 is 2.35 bits per heavy atom. The smallest absolute Gasteiger partial charge is 0.324 e. The average molecular weight is 620 g/mol. The zero-order valence-corrected chi connectivity index (χ0v) is 27.0. The molecule has 0 saturated carbocycles. The van der Waals surface area contributed by atoms with E-state index in [0.717, 1.165) is 53.8 Å². The van der Waals surface area contributed by atoms with Crippen molar-refractivity contribution in [3.63, 3.8) is 0 Å². The lowest BCUT2D eigenvalue weighted by Crippen LogP contribution is -2.33. The summed E-state index contributed by atoms with van der Waals surface area (Å²) < 4.78 is 13.1. The average Bonchev–Trinajstić information content (AvgIpc) is 3.67. The van der Waals surface area contributed by atoms with Crippen LogP contribution in [0.2, 0.25) is 0 Å². The van der Waals surface area contributed by atoms with Gasteiger partial charge in [-0.2, -0.15) is 5.10 Å². The minimum Gasteiger partial charge on any atom is -0.497 e. The highest BCUT2D eigenvalue weighted by Gasteiger charge is 2.33. The van der Waals surface area contributed by atoms with E-state index in [9.17, 15) is 9.59 Å². The van der Waals surface area contributed by atoms with Crippen molar-refractivity contribution in [2.24, 2.45) is 5.92 Å². The first-order valence-corrected chi connectivity index (χ1v) is 15.8. The Kier molecular flexibility index (Phi) is 8.69. The number of nitrogens with zero attached hydrogens (tertiary/aromatic N) is 2. The maximum Gasteiger partial charge on any atom is 0.324 e. The molecule has 238 valence electrons. The number of ether oxygens (including phenoxy) is 1. The molecule has 1 atom stereocenters. The van der Waals surface area contributed by atoms with E-state index in [0.29, 0.717) is 28.6 Å². The number of rotatable bonds is 8. The third-order valence-electron chi connectivity index (χ3n) is 8.63. The molecular formula is C37H41N5O4. The molecule has 2 amide bonds. The summed E-state index contributed by atoms with van der Waals surface area (Å²) in [7, 11) is 1.62. The molecule has 1 aliphatic rings. The van der Waals surface area contributed by atoms with Crippen LogP contribution >= 0.6 is 0 Å². The topological polar surface area (TPSA) is 110 Å². The minimum atomic E-state index is -0.384. The molecule has 0 radical (unpaired) electrons. The SMILES string of the molecule is COc1ccc2oc(C(=O)C(c3ccc(NC(=O)Nc4cc(C(C)(C)C)nn4-c4ccc(C)cc4)cc3)C3CCNCC3)cc2c1. The van der Waals surface area contributed by atoms with E-state index in [1.807, 2.05) is 79.7 Å². The predicted octanol–water partition coefficient (Wildman–Crippen LogP) is 7.84. The van der Waals surface area contributed by atoms with Gasteiger partial charge in [0.2, 0.25) is 5.78 Å². The van der Waals surface area contributed by atoms with Crippen LogP contribution < -0.4 is 20.7 Å². The summed E-state index contributed by atoms with van der Waals surface area (Å²) in [5.74, 6) is 1.38. The molecule has 1 saturated heterocycles. The monoisotopic (exact) mass is 619 g/mol. The van der Waals surface area contributed by atoms with Gasteiger partial charge < -0.3 is 19.8 Å². The van der Waals surface area contributed by atoms with Crippen molar-refractivity contribution < 1.29 is 18.7 Å². The van der Waals surface area contributed by atoms with Crippen molar-refractivity contribution in [1.82, 2.24) is 15.1 Å². The fourth-order valence-electron chi connectivity index (χ4n) is 6.01. The predicted molar refractivity (Wildman–Crippen MR) is 182 cm³/mol. The number of anilines is 2. The zero-order valence-electron chi connectivity index (χ0n) is 27.0. The van der Waals surface area contributed by atoms with Crippen LogP contribution in [0, 0.1) is 12.8 Å². The molecule has 0 spiro atoms. The second-order valence-corrected chi connectivity index (χ2v) is 13.1. The van der Waals surface area contributed by atoms with Crippen molar-refractivity contribution >= 4 is 34.3 Å². The highest BCUT2D eigenvalue weighted by molar-refractivity contribution is 6.02. The van der Waals surface area contributed by atoms with Crippen molar-refractivity contribution in [2.75, 3.05) is 30.8 Å². The fourth-order valence-corrected chi connectivity index (χ4v) is 6.01. The number of fused-ring (bicyclic) bond motifs is 1. The number of amides is 2. The maximum atomic E-state index is 14.0. The normalized spacial score (nSPS) is 14.6. The standard InChI is InChI=1S/C37H41N5O4/c1-23-6-12-28(13-7-23)42-33(22-32(41-42)37(2,3)4)40-36(44)39-27-10-8-24(9-11-27)34(25-16-18-38-19-17-25)35(43)31-21-26-20-29(45-5)14-15-30(26)46-31/h6-15,20-22,25,34,38H,16-19H2,1-5H3,(H2,39,40,44). The summed E-state index contributed by atoms with van der Waals surface area (Å²) in [6.07, 6.45) is 1.77. The number of Topliss-reactive ketones (excluding diaryl/α,β-unsaturated/α-hetero) is 1. The van der Waals surface area contributed by atoms with Gasteiger partial charge in [-0.05, 0) is 92.9 Å². The molecule has 46 heavy (non-hydrogen) atoms. The Morgan fingerprint density at radius 1 is 0.957 bits per heavy atom. The van der Waals surface area contributed by atoms with E-state index in [-0.39, 0.29) is 29.1 Å². The van der Waals surface area contributed by atoms with E-state index in [1.165, 1.54) is 0 Å². The van der Waals surface area contributed by atoms with Gasteiger partial charge in [-0.15, -0.1) is 0 Å². The van der Waals surface area contributed by atoms with Crippen LogP contribution in [0.5, 0.6) is 5.75 Å². The minimum absolute atomic E-state index is 0.0421. The molecule has 9 heteroatoms. The number of piperidine rings is 1. The number of urea groups is 1. The number of methoxy groups -OCH3 is 1. The first-order valence-electron chi connectivity index (χ1n) is 15.8.